The molecule has 0 amide bonds. The summed E-state index contributed by atoms with van der Waals surface area (Å²) in [6, 6.07) is 0. The average molecular weight is 313 g/mol. The molecule has 0 N–H and O–H groups in total. The molecule has 128 valence electrons. The number of hydrogen-bond acceptors (Lipinski definition) is 5. The van der Waals surface area contributed by atoms with E-state index >= 15 is 0 Å². The zero-order chi connectivity index (χ0) is 16.6. The number of likely N-dealkylation sites (tertiary alicyclic amines) is 1. The predicted molar refractivity (Wildman–Crippen MR) is 85.7 cm³/mol. The van der Waals surface area contributed by atoms with Gasteiger partial charge in [0.05, 0.1) is 13.2 Å². The van der Waals surface area contributed by atoms with Crippen molar-refractivity contribution in [2.24, 2.45) is 11.3 Å². The maximum atomic E-state index is 12.5. The van der Waals surface area contributed by atoms with E-state index in [4.69, 9.17) is 9.47 Å². The Bertz CT molecular complexity index is 372. The van der Waals surface area contributed by atoms with E-state index in [0.717, 1.165) is 32.4 Å². The van der Waals surface area contributed by atoms with Crippen LogP contribution >= 0.6 is 0 Å². The maximum Gasteiger partial charge on any atom is 0.320 e. The molecule has 5 heteroatoms. The predicted octanol–water partition coefficient (Wildman–Crippen LogP) is 2.28. The molecule has 1 saturated heterocycles. The quantitative estimate of drug-likeness (QED) is 0.410. The van der Waals surface area contributed by atoms with Crippen LogP contribution in [0.3, 0.4) is 0 Å². The van der Waals surface area contributed by atoms with E-state index in [1.54, 1.807) is 13.8 Å². The number of carbonyl (C=O) groups is 2. The topological polar surface area (TPSA) is 55.8 Å². The summed E-state index contributed by atoms with van der Waals surface area (Å²) < 4.78 is 10.8. The Labute approximate surface area is 134 Å². The molecule has 0 bridgehead atoms. The van der Waals surface area contributed by atoms with Crippen molar-refractivity contribution in [3.8, 4) is 0 Å². The first-order chi connectivity index (χ1) is 10.4. The number of ether oxygens (including phenoxy) is 2. The van der Waals surface area contributed by atoms with Crippen LogP contribution in [-0.4, -0.2) is 56.6 Å². The lowest BCUT2D eigenvalue weighted by atomic mass is 9.80. The summed E-state index contributed by atoms with van der Waals surface area (Å²) in [5, 5.41) is 0. The number of unbranched alkanes of at least 4 members (excludes halogenated alkanes) is 1. The molecule has 0 spiro atoms. The third-order valence-corrected chi connectivity index (χ3v) is 4.27. The van der Waals surface area contributed by atoms with Gasteiger partial charge < -0.3 is 14.4 Å². The summed E-state index contributed by atoms with van der Waals surface area (Å²) in [5.41, 5.74) is -1.04. The van der Waals surface area contributed by atoms with Gasteiger partial charge in [0.2, 0.25) is 0 Å². The van der Waals surface area contributed by atoms with Crippen LogP contribution < -0.4 is 0 Å². The van der Waals surface area contributed by atoms with Gasteiger partial charge in [-0.15, -0.1) is 0 Å². The number of ketones is 1. The molecule has 0 aromatic carbocycles. The monoisotopic (exact) mass is 313 g/mol. The molecule has 22 heavy (non-hydrogen) atoms. The Balaban J connectivity index is 2.62. The van der Waals surface area contributed by atoms with E-state index in [1.807, 2.05) is 7.05 Å². The Morgan fingerprint density at radius 2 is 2.14 bits per heavy atom. The van der Waals surface area contributed by atoms with Crippen LogP contribution in [0.25, 0.3) is 0 Å². The van der Waals surface area contributed by atoms with Crippen LogP contribution in [0.4, 0.5) is 0 Å². The maximum absolute atomic E-state index is 12.5. The van der Waals surface area contributed by atoms with Crippen molar-refractivity contribution >= 4 is 11.8 Å². The number of rotatable bonds is 7. The minimum atomic E-state index is -1.04. The van der Waals surface area contributed by atoms with Gasteiger partial charge in [0, 0.05) is 26.1 Å². The highest BCUT2D eigenvalue weighted by molar-refractivity contribution is 6.03. The third kappa shape index (κ3) is 5.36. The van der Waals surface area contributed by atoms with Crippen LogP contribution in [0.15, 0.2) is 0 Å². The molecule has 2 unspecified atom stereocenters. The number of esters is 1. The largest absolute Gasteiger partial charge is 0.465 e. The van der Waals surface area contributed by atoms with E-state index in [9.17, 15) is 9.59 Å². The average Bonchev–Trinajstić information content (AvgIpc) is 2.47. The molecule has 1 rings (SSSR count). The summed E-state index contributed by atoms with van der Waals surface area (Å²) in [4.78, 5) is 26.7. The smallest absolute Gasteiger partial charge is 0.320 e. The van der Waals surface area contributed by atoms with Crippen LogP contribution in [-0.2, 0) is 19.1 Å². The molecular formula is C17H31NO4. The van der Waals surface area contributed by atoms with E-state index < -0.39 is 11.4 Å². The fourth-order valence-corrected chi connectivity index (χ4v) is 2.94. The van der Waals surface area contributed by atoms with E-state index in [2.05, 4.69) is 11.8 Å². The fourth-order valence-electron chi connectivity index (χ4n) is 2.94. The summed E-state index contributed by atoms with van der Waals surface area (Å²) in [6.45, 7) is 8.65. The van der Waals surface area contributed by atoms with Crippen molar-refractivity contribution in [1.82, 2.24) is 4.90 Å². The molecule has 1 aliphatic heterocycles. The molecule has 5 nitrogen and oxygen atoms in total. The number of Topliss-reactive ketones (excluding diaryl/α,β-unsaturated/α-hetero) is 1. The second kappa shape index (κ2) is 9.26. The molecule has 0 saturated carbocycles. The summed E-state index contributed by atoms with van der Waals surface area (Å²) in [5.74, 6) is -0.0712. The first-order valence-electron chi connectivity index (χ1n) is 8.40. The van der Waals surface area contributed by atoms with Crippen molar-refractivity contribution in [1.29, 1.82) is 0 Å². The SMILES string of the molecule is CCCCOCC1CCC(=O)C(C)(C(=O)OCC)CN(C)C1. The third-order valence-electron chi connectivity index (χ3n) is 4.27. The molecule has 1 fully saturated rings. The summed E-state index contributed by atoms with van der Waals surface area (Å²) in [7, 11) is 1.95. The zero-order valence-electron chi connectivity index (χ0n) is 14.5. The molecular weight excluding hydrogens is 282 g/mol. The van der Waals surface area contributed by atoms with E-state index in [-0.39, 0.29) is 5.78 Å². The van der Waals surface area contributed by atoms with Gasteiger partial charge in [-0.05, 0) is 39.7 Å². The summed E-state index contributed by atoms with van der Waals surface area (Å²) in [6.07, 6.45) is 3.39. The van der Waals surface area contributed by atoms with Crippen LogP contribution in [0.5, 0.6) is 0 Å². The Kier molecular flexibility index (Phi) is 8.04. The second-order valence-electron chi connectivity index (χ2n) is 6.51. The lowest BCUT2D eigenvalue weighted by Crippen LogP contribution is -2.49. The number of hydrogen-bond donors (Lipinski definition) is 0. The second-order valence-corrected chi connectivity index (χ2v) is 6.51. The van der Waals surface area contributed by atoms with E-state index in [1.165, 1.54) is 0 Å². The zero-order valence-corrected chi connectivity index (χ0v) is 14.5. The molecule has 0 aromatic heterocycles. The van der Waals surface area contributed by atoms with Gasteiger partial charge in [0.1, 0.15) is 5.41 Å². The van der Waals surface area contributed by atoms with Crippen molar-refractivity contribution in [3.63, 3.8) is 0 Å². The Morgan fingerprint density at radius 1 is 1.41 bits per heavy atom. The normalized spacial score (nSPS) is 27.3. The van der Waals surface area contributed by atoms with Crippen LogP contribution in [0, 0.1) is 11.3 Å². The Hall–Kier alpha value is -0.940. The minimum Gasteiger partial charge on any atom is -0.465 e. The van der Waals surface area contributed by atoms with Crippen molar-refractivity contribution in [2.75, 3.05) is 40.0 Å². The lowest BCUT2D eigenvalue weighted by molar-refractivity contribution is -0.161. The van der Waals surface area contributed by atoms with Gasteiger partial charge in [0.25, 0.3) is 0 Å². The highest BCUT2D eigenvalue weighted by Crippen LogP contribution is 2.28. The standard InChI is InChI=1S/C17H31NO4/c1-5-7-10-21-12-14-8-9-15(19)17(3,13-18(4)11-14)16(20)22-6-2/h14H,5-13H2,1-4H3. The lowest BCUT2D eigenvalue weighted by Gasteiger charge is -2.35. The van der Waals surface area contributed by atoms with Gasteiger partial charge in [-0.25, -0.2) is 0 Å². The molecule has 0 aromatic rings. The van der Waals surface area contributed by atoms with Crippen molar-refractivity contribution in [2.45, 2.75) is 46.5 Å². The molecule has 1 heterocycles. The van der Waals surface area contributed by atoms with Gasteiger partial charge in [-0.1, -0.05) is 13.3 Å². The first-order valence-corrected chi connectivity index (χ1v) is 8.40. The minimum absolute atomic E-state index is 0.0175. The van der Waals surface area contributed by atoms with Gasteiger partial charge in [0.15, 0.2) is 5.78 Å². The Morgan fingerprint density at radius 3 is 2.77 bits per heavy atom. The first kappa shape index (κ1) is 19.1. The molecule has 0 radical (unpaired) electrons. The highest BCUT2D eigenvalue weighted by atomic mass is 16.5. The van der Waals surface area contributed by atoms with Crippen molar-refractivity contribution in [3.05, 3.63) is 0 Å². The molecule has 2 atom stereocenters. The number of carbonyl (C=O) groups excluding carboxylic acids is 2. The fraction of sp³-hybridized carbons (Fsp3) is 0.882. The molecule has 1 aliphatic rings. The number of nitrogens with zero attached hydrogens (tertiary/aromatic N) is 1. The summed E-state index contributed by atoms with van der Waals surface area (Å²) >= 11 is 0. The van der Waals surface area contributed by atoms with Gasteiger partial charge in [-0.3, -0.25) is 9.59 Å². The van der Waals surface area contributed by atoms with Crippen molar-refractivity contribution < 1.29 is 19.1 Å². The van der Waals surface area contributed by atoms with Crippen LogP contribution in [0.1, 0.15) is 46.5 Å². The van der Waals surface area contributed by atoms with Gasteiger partial charge in [-0.2, -0.15) is 0 Å². The highest BCUT2D eigenvalue weighted by Gasteiger charge is 2.44. The molecule has 0 aliphatic carbocycles. The van der Waals surface area contributed by atoms with Crippen LogP contribution in [0.2, 0.25) is 0 Å². The van der Waals surface area contributed by atoms with Gasteiger partial charge >= 0.3 is 5.97 Å². The van der Waals surface area contributed by atoms with E-state index in [0.29, 0.717) is 32.1 Å².